The molecule has 2 heterocycles. The van der Waals surface area contributed by atoms with E-state index in [9.17, 15) is 8.42 Å². The van der Waals surface area contributed by atoms with Gasteiger partial charge in [-0.3, -0.25) is 4.90 Å². The van der Waals surface area contributed by atoms with Crippen molar-refractivity contribution in [3.05, 3.63) is 0 Å². The SMILES string of the molecule is CNCCS(=O)(=O)N1CC2CCCCN2CC1C. The molecule has 6 heteroatoms. The van der Waals surface area contributed by atoms with Crippen LogP contribution in [0.5, 0.6) is 0 Å². The van der Waals surface area contributed by atoms with E-state index in [0.717, 1.165) is 19.5 Å². The average Bonchev–Trinajstić information content (AvgIpc) is 2.35. The van der Waals surface area contributed by atoms with Crippen LogP contribution in [0.1, 0.15) is 26.2 Å². The molecular formula is C12H25N3O2S. The van der Waals surface area contributed by atoms with Gasteiger partial charge in [-0.25, -0.2) is 8.42 Å². The van der Waals surface area contributed by atoms with Crippen molar-refractivity contribution in [3.8, 4) is 0 Å². The highest BCUT2D eigenvalue weighted by Gasteiger charge is 2.38. The summed E-state index contributed by atoms with van der Waals surface area (Å²) in [4.78, 5) is 2.47. The van der Waals surface area contributed by atoms with Gasteiger partial charge in [0, 0.05) is 31.7 Å². The van der Waals surface area contributed by atoms with Crippen molar-refractivity contribution in [2.75, 3.05) is 39.0 Å². The standard InChI is InChI=1S/C12H25N3O2S/c1-11-9-14-7-4-3-5-12(14)10-15(11)18(16,17)8-6-13-2/h11-13H,3-10H2,1-2H3. The monoisotopic (exact) mass is 275 g/mol. The number of fused-ring (bicyclic) bond motifs is 1. The highest BCUT2D eigenvalue weighted by molar-refractivity contribution is 7.89. The Morgan fingerprint density at radius 2 is 2.06 bits per heavy atom. The zero-order valence-electron chi connectivity index (χ0n) is 11.4. The van der Waals surface area contributed by atoms with Crippen LogP contribution in [0.3, 0.4) is 0 Å². The number of piperazine rings is 1. The van der Waals surface area contributed by atoms with Crippen LogP contribution < -0.4 is 5.32 Å². The van der Waals surface area contributed by atoms with Gasteiger partial charge in [0.1, 0.15) is 0 Å². The number of nitrogens with zero attached hydrogens (tertiary/aromatic N) is 2. The van der Waals surface area contributed by atoms with Gasteiger partial charge in [0.25, 0.3) is 0 Å². The number of nitrogens with one attached hydrogen (secondary N) is 1. The minimum atomic E-state index is -3.10. The molecule has 0 saturated carbocycles. The Labute approximate surface area is 111 Å². The first-order valence-electron chi connectivity index (χ1n) is 6.93. The summed E-state index contributed by atoms with van der Waals surface area (Å²) in [7, 11) is -1.31. The van der Waals surface area contributed by atoms with Crippen molar-refractivity contribution >= 4 is 10.0 Å². The molecule has 2 saturated heterocycles. The number of rotatable bonds is 4. The molecule has 0 radical (unpaired) electrons. The fourth-order valence-corrected chi connectivity index (χ4v) is 4.77. The lowest BCUT2D eigenvalue weighted by atomic mass is 9.99. The van der Waals surface area contributed by atoms with E-state index in [1.165, 1.54) is 12.8 Å². The second-order valence-corrected chi connectivity index (χ2v) is 7.52. The van der Waals surface area contributed by atoms with Gasteiger partial charge in [0.05, 0.1) is 5.75 Å². The highest BCUT2D eigenvalue weighted by atomic mass is 32.2. The molecular weight excluding hydrogens is 250 g/mol. The third-order valence-corrected chi connectivity index (χ3v) is 6.04. The largest absolute Gasteiger partial charge is 0.319 e. The van der Waals surface area contributed by atoms with Crippen LogP contribution in [0.25, 0.3) is 0 Å². The van der Waals surface area contributed by atoms with Crippen LogP contribution in [0, 0.1) is 0 Å². The topological polar surface area (TPSA) is 52.7 Å². The van der Waals surface area contributed by atoms with Crippen molar-refractivity contribution in [2.45, 2.75) is 38.3 Å². The number of piperidine rings is 1. The van der Waals surface area contributed by atoms with Gasteiger partial charge in [0.2, 0.25) is 10.0 Å². The minimum Gasteiger partial charge on any atom is -0.319 e. The van der Waals surface area contributed by atoms with E-state index in [2.05, 4.69) is 10.2 Å². The number of hydrogen-bond acceptors (Lipinski definition) is 4. The molecule has 5 nitrogen and oxygen atoms in total. The van der Waals surface area contributed by atoms with Crippen LogP contribution in [0.2, 0.25) is 0 Å². The first kappa shape index (κ1) is 14.2. The predicted molar refractivity (Wildman–Crippen MR) is 73.1 cm³/mol. The molecule has 2 rings (SSSR count). The molecule has 2 atom stereocenters. The normalized spacial score (nSPS) is 31.2. The van der Waals surface area contributed by atoms with Crippen LogP contribution >= 0.6 is 0 Å². The third-order valence-electron chi connectivity index (χ3n) is 4.10. The Morgan fingerprint density at radius 3 is 2.78 bits per heavy atom. The summed E-state index contributed by atoms with van der Waals surface area (Å²) in [5.74, 6) is 0.209. The molecule has 0 bridgehead atoms. The quantitative estimate of drug-likeness (QED) is 0.790. The summed E-state index contributed by atoms with van der Waals surface area (Å²) in [6, 6.07) is 0.556. The third kappa shape index (κ3) is 3.04. The van der Waals surface area contributed by atoms with E-state index in [-0.39, 0.29) is 11.8 Å². The predicted octanol–water partition coefficient (Wildman–Crippen LogP) is 0.0942. The Kier molecular flexibility index (Phi) is 4.64. The molecule has 106 valence electrons. The van der Waals surface area contributed by atoms with Crippen molar-refractivity contribution in [2.24, 2.45) is 0 Å². The summed E-state index contributed by atoms with van der Waals surface area (Å²) in [5.41, 5.74) is 0. The van der Waals surface area contributed by atoms with E-state index in [0.29, 0.717) is 19.1 Å². The van der Waals surface area contributed by atoms with Crippen molar-refractivity contribution in [1.29, 1.82) is 0 Å². The molecule has 2 aliphatic rings. The van der Waals surface area contributed by atoms with Crippen LogP contribution in [-0.2, 0) is 10.0 Å². The molecule has 2 unspecified atom stereocenters. The Hall–Kier alpha value is -0.170. The van der Waals surface area contributed by atoms with Crippen molar-refractivity contribution in [3.63, 3.8) is 0 Å². The molecule has 2 aliphatic heterocycles. The molecule has 0 aromatic rings. The van der Waals surface area contributed by atoms with Crippen LogP contribution in [0.15, 0.2) is 0 Å². The molecule has 2 fully saturated rings. The van der Waals surface area contributed by atoms with E-state index in [4.69, 9.17) is 0 Å². The highest BCUT2D eigenvalue weighted by Crippen LogP contribution is 2.25. The molecule has 0 aromatic heterocycles. The maximum Gasteiger partial charge on any atom is 0.215 e. The average molecular weight is 275 g/mol. The zero-order valence-corrected chi connectivity index (χ0v) is 12.2. The van der Waals surface area contributed by atoms with Gasteiger partial charge in [-0.05, 0) is 33.4 Å². The van der Waals surface area contributed by atoms with Gasteiger partial charge in [-0.1, -0.05) is 6.42 Å². The lowest BCUT2D eigenvalue weighted by molar-refractivity contribution is 0.0565. The van der Waals surface area contributed by atoms with E-state index in [1.54, 1.807) is 11.4 Å². The second-order valence-electron chi connectivity index (χ2n) is 5.48. The van der Waals surface area contributed by atoms with Gasteiger partial charge in [-0.15, -0.1) is 0 Å². The van der Waals surface area contributed by atoms with Crippen molar-refractivity contribution in [1.82, 2.24) is 14.5 Å². The molecule has 0 aromatic carbocycles. The molecule has 18 heavy (non-hydrogen) atoms. The lowest BCUT2D eigenvalue weighted by Crippen LogP contribution is -2.60. The maximum absolute atomic E-state index is 12.3. The van der Waals surface area contributed by atoms with Gasteiger partial charge < -0.3 is 5.32 Å². The Morgan fingerprint density at radius 1 is 1.28 bits per heavy atom. The van der Waals surface area contributed by atoms with Gasteiger partial charge in [-0.2, -0.15) is 4.31 Å². The summed E-state index contributed by atoms with van der Waals surface area (Å²) in [6.45, 7) is 5.28. The molecule has 0 aliphatic carbocycles. The van der Waals surface area contributed by atoms with E-state index in [1.807, 2.05) is 6.92 Å². The smallest absolute Gasteiger partial charge is 0.215 e. The Balaban J connectivity index is 2.04. The molecule has 1 N–H and O–H groups in total. The maximum atomic E-state index is 12.3. The van der Waals surface area contributed by atoms with Gasteiger partial charge >= 0.3 is 0 Å². The van der Waals surface area contributed by atoms with Gasteiger partial charge in [0.15, 0.2) is 0 Å². The number of sulfonamides is 1. The zero-order chi connectivity index (χ0) is 13.2. The van der Waals surface area contributed by atoms with Crippen LogP contribution in [0.4, 0.5) is 0 Å². The lowest BCUT2D eigenvalue weighted by Gasteiger charge is -2.46. The number of hydrogen-bond donors (Lipinski definition) is 1. The van der Waals surface area contributed by atoms with E-state index < -0.39 is 10.0 Å². The van der Waals surface area contributed by atoms with E-state index >= 15 is 0 Å². The van der Waals surface area contributed by atoms with Crippen molar-refractivity contribution < 1.29 is 8.42 Å². The summed E-state index contributed by atoms with van der Waals surface area (Å²) in [6.07, 6.45) is 3.64. The minimum absolute atomic E-state index is 0.112. The fraction of sp³-hybridized carbons (Fsp3) is 1.00. The van der Waals surface area contributed by atoms with Crippen LogP contribution in [-0.4, -0.2) is 68.7 Å². The summed E-state index contributed by atoms with van der Waals surface area (Å²) in [5, 5.41) is 2.92. The first-order valence-corrected chi connectivity index (χ1v) is 8.53. The fourth-order valence-electron chi connectivity index (χ4n) is 3.06. The summed E-state index contributed by atoms with van der Waals surface area (Å²) >= 11 is 0. The molecule has 0 amide bonds. The first-order chi connectivity index (χ1) is 8.54. The second kappa shape index (κ2) is 5.86. The molecule has 0 spiro atoms. The Bertz CT molecular complexity index is 372. The summed E-state index contributed by atoms with van der Waals surface area (Å²) < 4.78 is 26.3.